The van der Waals surface area contributed by atoms with E-state index in [1.54, 1.807) is 31.7 Å². The molecule has 6 aromatic carbocycles. The fraction of sp³-hybridized carbons (Fsp3) is 0.246. The summed E-state index contributed by atoms with van der Waals surface area (Å²) in [6.45, 7) is 11.9. The zero-order chi connectivity index (χ0) is 60.6. The van der Waals surface area contributed by atoms with Gasteiger partial charge in [0.25, 0.3) is 0 Å². The normalized spacial score (nSPS) is 11.6. The van der Waals surface area contributed by atoms with Crippen LogP contribution in [-0.2, 0) is 38.7 Å². The van der Waals surface area contributed by atoms with Crippen LogP contribution < -0.4 is 51.2 Å². The van der Waals surface area contributed by atoms with Crippen molar-refractivity contribution in [3.05, 3.63) is 183 Å². The lowest BCUT2D eigenvalue weighted by Gasteiger charge is -2.31. The molecule has 7 rings (SSSR count). The highest BCUT2D eigenvalue weighted by Crippen LogP contribution is 2.45. The van der Waals surface area contributed by atoms with Gasteiger partial charge in [-0.1, -0.05) is 27.2 Å². The molecular formula is C61H70N8O16-2. The number of aliphatic carboxylic acids is 4. The largest absolute Gasteiger partial charge is 0.664 e. The Balaban J connectivity index is 0.000000307. The third-order valence-corrected chi connectivity index (χ3v) is 13.0. The number of carboxylic acid groups (broad SMARTS) is 4. The van der Waals surface area contributed by atoms with E-state index >= 15 is 0 Å². The summed E-state index contributed by atoms with van der Waals surface area (Å²) in [4.78, 5) is 67.9. The lowest BCUT2D eigenvalue weighted by Crippen LogP contribution is -2.40. The minimum Gasteiger partial charge on any atom is -0.664 e. The van der Waals surface area contributed by atoms with Gasteiger partial charge in [0.15, 0.2) is 17.2 Å². The lowest BCUT2D eigenvalue weighted by molar-refractivity contribution is -0.671. The van der Waals surface area contributed by atoms with E-state index in [9.17, 15) is 34.8 Å². The van der Waals surface area contributed by atoms with Gasteiger partial charge in [-0.2, -0.15) is 0 Å². The Kier molecular flexibility index (Phi) is 25.3. The molecule has 10 N–H and O–H groups in total. The Morgan fingerprint density at radius 1 is 0.435 bits per heavy atom. The van der Waals surface area contributed by atoms with Crippen LogP contribution in [0.1, 0.15) is 46.0 Å². The monoisotopic (exact) mass is 1170 g/mol. The van der Waals surface area contributed by atoms with Crippen LogP contribution in [0, 0.1) is 0 Å². The molecule has 0 radical (unpaired) electrons. The van der Waals surface area contributed by atoms with E-state index in [4.69, 9.17) is 30.7 Å². The van der Waals surface area contributed by atoms with Crippen molar-refractivity contribution >= 4 is 92.1 Å². The first-order valence-corrected chi connectivity index (χ1v) is 26.2. The first-order chi connectivity index (χ1) is 40.4. The lowest BCUT2D eigenvalue weighted by atomic mass is 10.2. The molecule has 452 valence electrons. The van der Waals surface area contributed by atoms with Crippen LogP contribution >= 0.6 is 0 Å². The van der Waals surface area contributed by atoms with Gasteiger partial charge in [0, 0.05) is 120 Å². The zero-order valence-corrected chi connectivity index (χ0v) is 45.7. The Morgan fingerprint density at radius 2 is 0.706 bits per heavy atom. The number of carbonyl (C=O) groups is 4. The van der Waals surface area contributed by atoms with Crippen molar-refractivity contribution in [3.63, 3.8) is 0 Å². The summed E-state index contributed by atoms with van der Waals surface area (Å²) in [5.41, 5.74) is 8.80. The molecule has 6 aromatic rings. The van der Waals surface area contributed by atoms with Crippen LogP contribution in [0.3, 0.4) is 0 Å². The van der Waals surface area contributed by atoms with Gasteiger partial charge < -0.3 is 86.0 Å². The highest BCUT2D eigenvalue weighted by atomic mass is 17.1. The van der Waals surface area contributed by atoms with Crippen molar-refractivity contribution in [2.45, 2.75) is 51.7 Å². The predicted octanol–water partition coefficient (Wildman–Crippen LogP) is 9.57. The molecule has 1 aliphatic rings. The van der Waals surface area contributed by atoms with Crippen LogP contribution in [0.25, 0.3) is 0 Å². The maximum absolute atomic E-state index is 11.0. The van der Waals surface area contributed by atoms with E-state index in [1.807, 2.05) is 133 Å². The molecule has 0 amide bonds. The highest BCUT2D eigenvalue weighted by Gasteiger charge is 2.51. The molecule has 0 unspecified atom stereocenters. The van der Waals surface area contributed by atoms with Gasteiger partial charge in [-0.25, -0.2) is 20.7 Å². The van der Waals surface area contributed by atoms with Crippen LogP contribution in [0.5, 0.6) is 0 Å². The fourth-order valence-corrected chi connectivity index (χ4v) is 8.50. The highest BCUT2D eigenvalue weighted by molar-refractivity contribution is 5.73. The Hall–Kier alpha value is -9.98. The van der Waals surface area contributed by atoms with Crippen LogP contribution in [0.4, 0.5) is 68.2 Å². The number of anilines is 12. The van der Waals surface area contributed by atoms with Crippen molar-refractivity contribution in [1.29, 1.82) is 0 Å². The molecule has 0 heterocycles. The summed E-state index contributed by atoms with van der Waals surface area (Å²) in [5.74, 6) is -3.82. The number of carbonyl (C=O) groups excluding carboxylic acids is 1. The van der Waals surface area contributed by atoms with Gasteiger partial charge in [0.05, 0.1) is 44.7 Å². The van der Waals surface area contributed by atoms with E-state index in [-0.39, 0.29) is 96.2 Å². The molecule has 0 aliphatic heterocycles. The fourth-order valence-electron chi connectivity index (χ4n) is 8.50. The third-order valence-electron chi connectivity index (χ3n) is 13.0. The first-order valence-electron chi connectivity index (χ1n) is 26.2. The van der Waals surface area contributed by atoms with Crippen molar-refractivity contribution in [2.75, 3.05) is 86.7 Å². The maximum Gasteiger partial charge on any atom is 0.305 e. The number of hydrogen-bond acceptors (Lipinski definition) is 21. The summed E-state index contributed by atoms with van der Waals surface area (Å²) in [6, 6.07) is 44.9. The molecule has 24 heteroatoms. The number of nitrogens with zero attached hydrogens (tertiary/aromatic N) is 4. The minimum atomic E-state index is -1.19. The molecule has 1 saturated carbocycles. The Bertz CT molecular complexity index is 3070. The van der Waals surface area contributed by atoms with Gasteiger partial charge in [-0.05, 0) is 146 Å². The molecule has 0 aromatic heterocycles. The average molecular weight is 1170 g/mol. The second-order valence-electron chi connectivity index (χ2n) is 19.2. The summed E-state index contributed by atoms with van der Waals surface area (Å²) in [5, 5.41) is 89.0. The molecule has 0 bridgehead atoms. The molecule has 24 nitrogen and oxygen atoms in total. The van der Waals surface area contributed by atoms with Gasteiger partial charge in [-0.15, -0.1) is 0 Å². The Labute approximate surface area is 491 Å². The van der Waals surface area contributed by atoms with Crippen LogP contribution in [0.2, 0.25) is 0 Å². The van der Waals surface area contributed by atoms with E-state index in [0.29, 0.717) is 18.5 Å². The second kappa shape index (κ2) is 32.6. The summed E-state index contributed by atoms with van der Waals surface area (Å²) in [6.07, 6.45) is 0.777. The SMILES string of the molecule is C.C=C(CN(CC(=C)OO)c1ccc(Nc2ccc(Nc3ccc(N(CCC(=O)[O-])CCC(=O)O)cc3)cc2)cc1)O[O-].C=C(CN(c1ccc(Nc2ccc(Nc3ccc(N(CCC(=O)O)CCC(=O)O)cc3)cc2)cc1)C1(OO)CC1)OO. The van der Waals surface area contributed by atoms with Crippen molar-refractivity contribution in [3.8, 4) is 0 Å². The van der Waals surface area contributed by atoms with Crippen LogP contribution in [0.15, 0.2) is 183 Å². The van der Waals surface area contributed by atoms with E-state index in [1.165, 1.54) is 0 Å². The van der Waals surface area contributed by atoms with Crippen molar-refractivity contribution in [2.24, 2.45) is 0 Å². The standard InChI is InChI=1S/2C30H34N4O8.CH4/c1-21(41-39)20-34(30(42-40)16-17-30)27-12-8-25(9-13-27)32-23-4-2-22(3-5-23)31-24-6-10-26(11-7-24)33(18-14-28(35)36)19-15-29(37)38;1-21(41-39)19-34(20-22(2)42-40)28-13-9-26(10-14-28)32-24-5-3-23(4-6-24)31-25-7-11-27(12-8-25)33(17-15-29(35)36)18-16-30(37)38;/h2-13,31-32,39-40H,1,14-20H2,(H,35,36)(H,37,38);3-14,31-32,39-40H,1-2,15-20H2,(H,35,36)(H,37,38);1H4/p-2. The quantitative estimate of drug-likeness (QED) is 0.00766. The van der Waals surface area contributed by atoms with E-state index in [0.717, 1.165) is 62.6 Å². The number of benzene rings is 6. The number of carboxylic acids is 4. The molecule has 1 fully saturated rings. The van der Waals surface area contributed by atoms with Gasteiger partial charge in [0.1, 0.15) is 0 Å². The van der Waals surface area contributed by atoms with Crippen LogP contribution in [-0.4, -0.2) is 107 Å². The summed E-state index contributed by atoms with van der Waals surface area (Å²) in [7, 11) is 0. The van der Waals surface area contributed by atoms with Crippen molar-refractivity contribution < 1.29 is 80.2 Å². The first kappa shape index (κ1) is 65.8. The molecule has 85 heavy (non-hydrogen) atoms. The van der Waals surface area contributed by atoms with Gasteiger partial charge in [0.2, 0.25) is 0 Å². The molecular weight excluding hydrogens is 1100 g/mol. The van der Waals surface area contributed by atoms with Crippen molar-refractivity contribution in [1.82, 2.24) is 0 Å². The summed E-state index contributed by atoms with van der Waals surface area (Å²) >= 11 is 0. The number of nitrogens with one attached hydrogen (secondary N) is 4. The van der Waals surface area contributed by atoms with E-state index < -0.39 is 29.6 Å². The average Bonchev–Trinajstić information content (AvgIpc) is 3.06. The van der Waals surface area contributed by atoms with Gasteiger partial charge >= 0.3 is 17.9 Å². The number of hydrogen-bond donors (Lipinski definition) is 10. The second-order valence-corrected chi connectivity index (χ2v) is 19.2. The maximum atomic E-state index is 11.0. The Morgan fingerprint density at radius 3 is 0.976 bits per heavy atom. The molecule has 0 saturated heterocycles. The minimum absolute atomic E-state index is 0. The van der Waals surface area contributed by atoms with Gasteiger partial charge in [-0.3, -0.25) is 14.4 Å². The predicted molar refractivity (Wildman–Crippen MR) is 320 cm³/mol. The third kappa shape index (κ3) is 21.4. The smallest absolute Gasteiger partial charge is 0.305 e. The molecule has 0 atom stereocenters. The topological polar surface area (TPSA) is 334 Å². The zero-order valence-electron chi connectivity index (χ0n) is 45.7. The molecule has 0 spiro atoms. The van der Waals surface area contributed by atoms with E-state index in [2.05, 4.69) is 55.7 Å². The molecule has 1 aliphatic carbocycles. The number of rotatable bonds is 35. The summed E-state index contributed by atoms with van der Waals surface area (Å²) < 4.78 is 0.